The Morgan fingerprint density at radius 3 is 1.74 bits per heavy atom. The predicted octanol–water partition coefficient (Wildman–Crippen LogP) is 0.888. The fraction of sp³-hybridized carbons (Fsp3) is 0.533. The molecule has 0 heterocycles. The first-order valence-electron chi connectivity index (χ1n) is 7.66. The van der Waals surface area contributed by atoms with E-state index in [1.54, 1.807) is 0 Å². The van der Waals surface area contributed by atoms with Crippen molar-refractivity contribution in [2.75, 3.05) is 57.6 Å². The summed E-state index contributed by atoms with van der Waals surface area (Å²) in [5.41, 5.74) is 0.0304. The molecule has 12 heteroatoms. The lowest BCUT2D eigenvalue weighted by Crippen LogP contribution is -2.35. The van der Waals surface area contributed by atoms with Gasteiger partial charge in [0.05, 0.1) is 24.7 Å². The molecule has 0 aliphatic carbocycles. The van der Waals surface area contributed by atoms with Crippen molar-refractivity contribution in [3.05, 3.63) is 24.3 Å². The maximum absolute atomic E-state index is 11.7. The van der Waals surface area contributed by atoms with E-state index in [4.69, 9.17) is 4.74 Å². The van der Waals surface area contributed by atoms with Gasteiger partial charge in [-0.05, 0) is 24.3 Å². The van der Waals surface area contributed by atoms with Gasteiger partial charge >= 0.3 is 0 Å². The van der Waals surface area contributed by atoms with Gasteiger partial charge in [0.25, 0.3) is 0 Å². The Morgan fingerprint density at radius 2 is 1.37 bits per heavy atom. The van der Waals surface area contributed by atoms with Crippen molar-refractivity contribution in [2.24, 2.45) is 4.99 Å². The van der Waals surface area contributed by atoms with E-state index in [1.807, 2.05) is 38.0 Å². The van der Waals surface area contributed by atoms with Gasteiger partial charge in [-0.15, -0.1) is 24.0 Å². The van der Waals surface area contributed by atoms with Crippen LogP contribution in [0.2, 0.25) is 0 Å². The zero-order valence-corrected chi connectivity index (χ0v) is 20.2. The Bertz CT molecular complexity index is 795. The van der Waals surface area contributed by atoms with Crippen LogP contribution in [0.5, 0.6) is 5.75 Å². The Labute approximate surface area is 179 Å². The van der Waals surface area contributed by atoms with Crippen molar-refractivity contribution >= 4 is 55.7 Å². The predicted molar refractivity (Wildman–Crippen MR) is 119 cm³/mol. The molecular formula is C15H27IN4O5S2. The van der Waals surface area contributed by atoms with Gasteiger partial charge in [0.1, 0.15) is 12.4 Å². The van der Waals surface area contributed by atoms with E-state index in [1.165, 1.54) is 24.3 Å². The van der Waals surface area contributed by atoms with E-state index in [-0.39, 0.29) is 29.7 Å². The van der Waals surface area contributed by atoms with Gasteiger partial charge in [-0.25, -0.2) is 21.8 Å². The van der Waals surface area contributed by atoms with Gasteiger partial charge in [-0.1, -0.05) is 0 Å². The van der Waals surface area contributed by atoms with Crippen LogP contribution in [-0.2, 0) is 20.0 Å². The molecule has 0 fully saturated rings. The fourth-order valence-electron chi connectivity index (χ4n) is 2.28. The highest BCUT2D eigenvalue weighted by Crippen LogP contribution is 2.23. The molecule has 0 N–H and O–H groups in total. The number of benzene rings is 1. The lowest BCUT2D eigenvalue weighted by Gasteiger charge is -2.22. The molecule has 0 amide bonds. The largest absolute Gasteiger partial charge is 0.492 e. The minimum absolute atomic E-state index is 0. The minimum Gasteiger partial charge on any atom is -0.492 e. The zero-order valence-electron chi connectivity index (χ0n) is 16.3. The molecule has 0 saturated heterocycles. The second-order valence-corrected chi connectivity index (χ2v) is 9.93. The molecule has 0 atom stereocenters. The number of hydrogen-bond acceptors (Lipinski definition) is 6. The second kappa shape index (κ2) is 10.3. The number of guanidine groups is 1. The van der Waals surface area contributed by atoms with Crippen LogP contribution in [0, 0.1) is 0 Å². The summed E-state index contributed by atoms with van der Waals surface area (Å²) >= 11 is 0. The van der Waals surface area contributed by atoms with E-state index in [2.05, 4.69) is 4.99 Å². The quantitative estimate of drug-likeness (QED) is 0.222. The van der Waals surface area contributed by atoms with Crippen LogP contribution in [0.25, 0.3) is 0 Å². The highest BCUT2D eigenvalue weighted by molar-refractivity contribution is 14.0. The third kappa shape index (κ3) is 8.09. The number of rotatable bonds is 7. The van der Waals surface area contributed by atoms with Crippen molar-refractivity contribution in [3.8, 4) is 5.75 Å². The summed E-state index contributed by atoms with van der Waals surface area (Å²) in [5.74, 6) is 1.29. The Kier molecular flexibility index (Phi) is 9.83. The van der Waals surface area contributed by atoms with Crippen LogP contribution in [0.15, 0.2) is 29.3 Å². The first-order valence-corrected chi connectivity index (χ1v) is 11.4. The monoisotopic (exact) mass is 534 g/mol. The van der Waals surface area contributed by atoms with E-state index in [0.717, 1.165) is 18.5 Å². The number of nitrogens with zero attached hydrogens (tertiary/aromatic N) is 4. The van der Waals surface area contributed by atoms with Crippen LogP contribution in [-0.4, -0.2) is 86.4 Å². The first kappa shape index (κ1) is 25.7. The number of hydrogen-bond donors (Lipinski definition) is 0. The fourth-order valence-corrected chi connectivity index (χ4v) is 5.26. The summed E-state index contributed by atoms with van der Waals surface area (Å²) in [6.45, 7) is 0.763. The lowest BCUT2D eigenvalue weighted by atomic mass is 10.3. The molecule has 1 aromatic rings. The van der Waals surface area contributed by atoms with Gasteiger partial charge in [-0.2, -0.15) is 3.71 Å². The summed E-state index contributed by atoms with van der Waals surface area (Å²) in [4.78, 5) is 8.20. The Balaban J connectivity index is 0.00000676. The van der Waals surface area contributed by atoms with Crippen molar-refractivity contribution in [1.29, 1.82) is 0 Å². The minimum atomic E-state index is -3.96. The van der Waals surface area contributed by atoms with Crippen molar-refractivity contribution in [2.45, 2.75) is 0 Å². The number of anilines is 1. The van der Waals surface area contributed by atoms with Crippen LogP contribution in [0.4, 0.5) is 5.69 Å². The third-order valence-electron chi connectivity index (χ3n) is 3.06. The molecule has 9 nitrogen and oxygen atoms in total. The molecule has 0 spiro atoms. The topological polar surface area (TPSA) is 99.6 Å². The average molecular weight is 534 g/mol. The highest BCUT2D eigenvalue weighted by atomic mass is 127. The summed E-state index contributed by atoms with van der Waals surface area (Å²) in [6.07, 6.45) is 1.67. The van der Waals surface area contributed by atoms with Gasteiger partial charge in [0.2, 0.25) is 20.0 Å². The summed E-state index contributed by atoms with van der Waals surface area (Å²) in [7, 11) is -0.329. The smallest absolute Gasteiger partial charge is 0.245 e. The first-order chi connectivity index (χ1) is 11.8. The molecule has 27 heavy (non-hydrogen) atoms. The Morgan fingerprint density at radius 1 is 0.926 bits per heavy atom. The molecule has 0 bridgehead atoms. The summed E-state index contributed by atoms with van der Waals surface area (Å²) < 4.78 is 52.9. The maximum atomic E-state index is 11.7. The molecule has 0 aromatic heterocycles. The van der Waals surface area contributed by atoms with Gasteiger partial charge < -0.3 is 14.5 Å². The zero-order chi connectivity index (χ0) is 20.1. The molecule has 0 saturated carbocycles. The van der Waals surface area contributed by atoms with Gasteiger partial charge in [0, 0.05) is 28.2 Å². The Hall–Kier alpha value is -1.28. The molecule has 156 valence electrons. The molecule has 0 aliphatic rings. The molecule has 0 unspecified atom stereocenters. The van der Waals surface area contributed by atoms with Crippen molar-refractivity contribution in [3.63, 3.8) is 0 Å². The van der Waals surface area contributed by atoms with Gasteiger partial charge in [-0.3, -0.25) is 0 Å². The van der Waals surface area contributed by atoms with Crippen molar-refractivity contribution in [1.82, 2.24) is 9.80 Å². The van der Waals surface area contributed by atoms with Gasteiger partial charge in [0.15, 0.2) is 5.96 Å². The van der Waals surface area contributed by atoms with E-state index >= 15 is 0 Å². The van der Waals surface area contributed by atoms with Crippen molar-refractivity contribution < 1.29 is 21.6 Å². The highest BCUT2D eigenvalue weighted by Gasteiger charge is 2.27. The third-order valence-corrected chi connectivity index (χ3v) is 6.31. The normalized spacial score (nSPS) is 11.2. The molecule has 0 radical (unpaired) electrons. The molecule has 0 aliphatic heterocycles. The van der Waals surface area contributed by atoms with Crippen LogP contribution < -0.4 is 8.45 Å². The van der Waals surface area contributed by atoms with Crippen LogP contribution in [0.1, 0.15) is 0 Å². The summed E-state index contributed by atoms with van der Waals surface area (Å²) in [6, 6.07) is 5.79. The molecule has 1 rings (SSSR count). The van der Waals surface area contributed by atoms with E-state index in [9.17, 15) is 16.8 Å². The average Bonchev–Trinajstić information content (AvgIpc) is 2.44. The number of halogens is 1. The number of aliphatic imine (C=N–C) groups is 1. The number of sulfonamides is 2. The molecule has 1 aromatic carbocycles. The van der Waals surface area contributed by atoms with E-state index < -0.39 is 20.0 Å². The molecular weight excluding hydrogens is 507 g/mol. The lowest BCUT2D eigenvalue weighted by molar-refractivity contribution is 0.326. The maximum Gasteiger partial charge on any atom is 0.245 e. The SMILES string of the molecule is CN(C)C(=NCCOc1ccc(N(S(C)(=O)=O)S(C)(=O)=O)cc1)N(C)C.I. The van der Waals surface area contributed by atoms with E-state index in [0.29, 0.717) is 22.6 Å². The van der Waals surface area contributed by atoms with Crippen LogP contribution >= 0.6 is 24.0 Å². The van der Waals surface area contributed by atoms with Crippen LogP contribution in [0.3, 0.4) is 0 Å². The standard InChI is InChI=1S/C15H26N4O5S2.HI/c1-17(2)15(18(3)4)16-11-12-24-14-9-7-13(8-10-14)19(25(5,20)21)26(6,22)23;/h7-10H,11-12H2,1-6H3;1H. The number of ether oxygens (including phenoxy) is 1. The second-order valence-electron chi connectivity index (χ2n) is 6.04. The summed E-state index contributed by atoms with van der Waals surface area (Å²) in [5, 5.41) is 0.